The lowest BCUT2D eigenvalue weighted by molar-refractivity contribution is 0.569. The molecule has 0 amide bonds. The molecule has 0 saturated carbocycles. The van der Waals surface area contributed by atoms with E-state index in [1.807, 2.05) is 10.9 Å². The number of hydrogen-bond donors (Lipinski definition) is 1. The summed E-state index contributed by atoms with van der Waals surface area (Å²) in [4.78, 5) is 0. The zero-order chi connectivity index (χ0) is 13.7. The van der Waals surface area contributed by atoms with E-state index in [9.17, 15) is 0 Å². The van der Waals surface area contributed by atoms with Crippen LogP contribution in [0.1, 0.15) is 37.4 Å². The van der Waals surface area contributed by atoms with E-state index in [-0.39, 0.29) is 0 Å². The molecule has 0 bridgehead atoms. The van der Waals surface area contributed by atoms with E-state index in [0.29, 0.717) is 6.04 Å². The van der Waals surface area contributed by atoms with Crippen LogP contribution in [0.3, 0.4) is 0 Å². The molecule has 4 heteroatoms. The first-order chi connectivity index (χ1) is 9.19. The highest BCUT2D eigenvalue weighted by Gasteiger charge is 2.07. The largest absolute Gasteiger partial charge is 0.310 e. The molecule has 3 nitrogen and oxygen atoms in total. The zero-order valence-electron chi connectivity index (χ0n) is 11.4. The molecule has 1 aromatic heterocycles. The van der Waals surface area contributed by atoms with Gasteiger partial charge in [0.05, 0.1) is 12.7 Å². The standard InChI is InChI=1S/C15H20BrN3/c1-3-8-17-12(2)14-9-18-19(11-14)10-13-4-6-15(16)7-5-13/h4-7,9,11-12,17H,3,8,10H2,1-2H3. The lowest BCUT2D eigenvalue weighted by Gasteiger charge is -2.10. The topological polar surface area (TPSA) is 29.9 Å². The Morgan fingerprint density at radius 3 is 2.74 bits per heavy atom. The Labute approximate surface area is 123 Å². The fraction of sp³-hybridized carbons (Fsp3) is 0.400. The van der Waals surface area contributed by atoms with Crippen molar-refractivity contribution >= 4 is 15.9 Å². The van der Waals surface area contributed by atoms with Crippen LogP contribution >= 0.6 is 15.9 Å². The van der Waals surface area contributed by atoms with Gasteiger partial charge in [0, 0.05) is 22.3 Å². The van der Waals surface area contributed by atoms with Gasteiger partial charge < -0.3 is 5.32 Å². The van der Waals surface area contributed by atoms with Crippen LogP contribution in [0.5, 0.6) is 0 Å². The van der Waals surface area contributed by atoms with Gasteiger partial charge in [0.1, 0.15) is 0 Å². The van der Waals surface area contributed by atoms with E-state index in [1.54, 1.807) is 0 Å². The van der Waals surface area contributed by atoms with Gasteiger partial charge in [-0.1, -0.05) is 35.0 Å². The summed E-state index contributed by atoms with van der Waals surface area (Å²) in [6.45, 7) is 6.21. The smallest absolute Gasteiger partial charge is 0.0659 e. The van der Waals surface area contributed by atoms with Crippen molar-refractivity contribution in [3.63, 3.8) is 0 Å². The van der Waals surface area contributed by atoms with E-state index in [2.05, 4.69) is 70.7 Å². The number of aromatic nitrogens is 2. The maximum Gasteiger partial charge on any atom is 0.0659 e. The third-order valence-corrected chi connectivity index (χ3v) is 3.64. The van der Waals surface area contributed by atoms with Gasteiger partial charge in [0.2, 0.25) is 0 Å². The first kappa shape index (κ1) is 14.3. The lowest BCUT2D eigenvalue weighted by Crippen LogP contribution is -2.18. The fourth-order valence-corrected chi connectivity index (χ4v) is 2.21. The van der Waals surface area contributed by atoms with E-state index < -0.39 is 0 Å². The molecule has 102 valence electrons. The van der Waals surface area contributed by atoms with Crippen molar-refractivity contribution in [2.45, 2.75) is 32.9 Å². The van der Waals surface area contributed by atoms with Gasteiger partial charge >= 0.3 is 0 Å². The Morgan fingerprint density at radius 2 is 2.05 bits per heavy atom. The minimum Gasteiger partial charge on any atom is -0.310 e. The normalized spacial score (nSPS) is 12.6. The molecule has 1 N–H and O–H groups in total. The van der Waals surface area contributed by atoms with Gasteiger partial charge in [-0.05, 0) is 37.6 Å². The molecule has 0 radical (unpaired) electrons. The molecule has 0 saturated heterocycles. The van der Waals surface area contributed by atoms with Crippen LogP contribution in [-0.2, 0) is 6.54 Å². The number of benzene rings is 1. The second kappa shape index (κ2) is 6.87. The van der Waals surface area contributed by atoms with Crippen LogP contribution in [0.25, 0.3) is 0 Å². The molecule has 0 aliphatic carbocycles. The van der Waals surface area contributed by atoms with Crippen LogP contribution in [0.15, 0.2) is 41.1 Å². The number of hydrogen-bond acceptors (Lipinski definition) is 2. The van der Waals surface area contributed by atoms with Crippen molar-refractivity contribution in [2.24, 2.45) is 0 Å². The van der Waals surface area contributed by atoms with Crippen molar-refractivity contribution in [1.82, 2.24) is 15.1 Å². The van der Waals surface area contributed by atoms with Crippen molar-refractivity contribution in [1.29, 1.82) is 0 Å². The number of nitrogens with one attached hydrogen (secondary N) is 1. The molecule has 1 heterocycles. The molecular formula is C15H20BrN3. The van der Waals surface area contributed by atoms with Crippen LogP contribution in [0, 0.1) is 0 Å². The van der Waals surface area contributed by atoms with Crippen molar-refractivity contribution in [3.05, 3.63) is 52.3 Å². The average Bonchev–Trinajstić information content (AvgIpc) is 2.87. The highest BCUT2D eigenvalue weighted by atomic mass is 79.9. The monoisotopic (exact) mass is 321 g/mol. The maximum absolute atomic E-state index is 4.43. The van der Waals surface area contributed by atoms with Crippen molar-refractivity contribution < 1.29 is 0 Å². The molecule has 2 aromatic rings. The van der Waals surface area contributed by atoms with Gasteiger partial charge in [0.25, 0.3) is 0 Å². The van der Waals surface area contributed by atoms with E-state index >= 15 is 0 Å². The molecule has 0 aliphatic heterocycles. The molecule has 1 unspecified atom stereocenters. The molecule has 2 rings (SSSR count). The summed E-state index contributed by atoms with van der Waals surface area (Å²) in [6, 6.07) is 8.71. The van der Waals surface area contributed by atoms with Crippen LogP contribution in [0.4, 0.5) is 0 Å². The fourth-order valence-electron chi connectivity index (χ4n) is 1.95. The van der Waals surface area contributed by atoms with Crippen LogP contribution < -0.4 is 5.32 Å². The Bertz CT molecular complexity index is 504. The second-order valence-corrected chi connectivity index (χ2v) is 5.69. The molecule has 1 aromatic carbocycles. The third-order valence-electron chi connectivity index (χ3n) is 3.11. The highest BCUT2D eigenvalue weighted by Crippen LogP contribution is 2.14. The Hall–Kier alpha value is -1.13. The van der Waals surface area contributed by atoms with Crippen molar-refractivity contribution in [2.75, 3.05) is 6.54 Å². The summed E-state index contributed by atoms with van der Waals surface area (Å²) in [5, 5.41) is 7.90. The highest BCUT2D eigenvalue weighted by molar-refractivity contribution is 9.10. The number of halogens is 1. The van der Waals surface area contributed by atoms with Gasteiger partial charge in [-0.3, -0.25) is 4.68 Å². The van der Waals surface area contributed by atoms with Crippen LogP contribution in [0.2, 0.25) is 0 Å². The molecule has 0 spiro atoms. The summed E-state index contributed by atoms with van der Waals surface area (Å²) in [6.07, 6.45) is 5.22. The molecule has 0 aliphatic rings. The molecule has 0 fully saturated rings. The molecular weight excluding hydrogens is 302 g/mol. The summed E-state index contributed by atoms with van der Waals surface area (Å²) >= 11 is 3.45. The predicted octanol–water partition coefficient (Wildman–Crippen LogP) is 3.75. The predicted molar refractivity (Wildman–Crippen MR) is 82.2 cm³/mol. The van der Waals surface area contributed by atoms with Gasteiger partial charge in [-0.15, -0.1) is 0 Å². The maximum atomic E-state index is 4.43. The minimum atomic E-state index is 0.360. The first-order valence-corrected chi connectivity index (χ1v) is 7.48. The van der Waals surface area contributed by atoms with E-state index in [0.717, 1.165) is 24.0 Å². The number of rotatable bonds is 6. The second-order valence-electron chi connectivity index (χ2n) is 4.77. The van der Waals surface area contributed by atoms with Crippen molar-refractivity contribution in [3.8, 4) is 0 Å². The Balaban J connectivity index is 1.98. The average molecular weight is 322 g/mol. The van der Waals surface area contributed by atoms with Gasteiger partial charge in [-0.2, -0.15) is 5.10 Å². The Morgan fingerprint density at radius 1 is 1.32 bits per heavy atom. The minimum absolute atomic E-state index is 0.360. The summed E-state index contributed by atoms with van der Waals surface area (Å²) in [7, 11) is 0. The lowest BCUT2D eigenvalue weighted by atomic mass is 10.2. The van der Waals surface area contributed by atoms with Gasteiger partial charge in [0.15, 0.2) is 0 Å². The Kier molecular flexibility index (Phi) is 5.16. The summed E-state index contributed by atoms with van der Waals surface area (Å²) < 4.78 is 3.10. The van der Waals surface area contributed by atoms with Gasteiger partial charge in [-0.25, -0.2) is 0 Å². The SMILES string of the molecule is CCCNC(C)c1cnn(Cc2ccc(Br)cc2)c1. The van der Waals surface area contributed by atoms with Crippen LogP contribution in [-0.4, -0.2) is 16.3 Å². The van der Waals surface area contributed by atoms with E-state index in [1.165, 1.54) is 11.1 Å². The third kappa shape index (κ3) is 4.18. The quantitative estimate of drug-likeness (QED) is 0.878. The zero-order valence-corrected chi connectivity index (χ0v) is 13.0. The molecule has 1 atom stereocenters. The summed E-state index contributed by atoms with van der Waals surface area (Å²) in [5.74, 6) is 0. The first-order valence-electron chi connectivity index (χ1n) is 6.69. The van der Waals surface area contributed by atoms with E-state index in [4.69, 9.17) is 0 Å². The summed E-state index contributed by atoms with van der Waals surface area (Å²) in [5.41, 5.74) is 2.50. The molecule has 19 heavy (non-hydrogen) atoms. The number of nitrogens with zero attached hydrogens (tertiary/aromatic N) is 2.